The molecular formula is C12H24N2OS. The van der Waals surface area contributed by atoms with E-state index in [9.17, 15) is 4.79 Å². The molecule has 1 aliphatic rings. The molecule has 0 bridgehead atoms. The summed E-state index contributed by atoms with van der Waals surface area (Å²) in [5, 5.41) is 7.01. The lowest BCUT2D eigenvalue weighted by Gasteiger charge is -2.22. The Labute approximate surface area is 103 Å². The monoisotopic (exact) mass is 244 g/mol. The number of thioether (sulfide) groups is 1. The van der Waals surface area contributed by atoms with Crippen LogP contribution in [0.2, 0.25) is 0 Å². The lowest BCUT2D eigenvalue weighted by Crippen LogP contribution is -2.48. The van der Waals surface area contributed by atoms with Crippen molar-refractivity contribution in [1.82, 2.24) is 10.6 Å². The molecule has 3 nitrogen and oxygen atoms in total. The van der Waals surface area contributed by atoms with E-state index in [0.29, 0.717) is 17.2 Å². The number of nitrogens with one attached hydrogen (secondary N) is 2. The second-order valence-electron chi connectivity index (χ2n) is 5.00. The van der Waals surface area contributed by atoms with Gasteiger partial charge in [-0.2, -0.15) is 11.8 Å². The van der Waals surface area contributed by atoms with Crippen molar-refractivity contribution in [3.63, 3.8) is 0 Å². The SMILES string of the molecule is CC(C)CNC(=O)C(C)NC1CCSC1C. The highest BCUT2D eigenvalue weighted by Gasteiger charge is 2.26. The predicted molar refractivity (Wildman–Crippen MR) is 70.8 cm³/mol. The van der Waals surface area contributed by atoms with Gasteiger partial charge in [0.2, 0.25) is 5.91 Å². The highest BCUT2D eigenvalue weighted by Crippen LogP contribution is 2.26. The summed E-state index contributed by atoms with van der Waals surface area (Å²) in [6, 6.07) is 0.412. The molecule has 1 amide bonds. The highest BCUT2D eigenvalue weighted by molar-refractivity contribution is 8.00. The van der Waals surface area contributed by atoms with Crippen LogP contribution in [0.15, 0.2) is 0 Å². The van der Waals surface area contributed by atoms with Gasteiger partial charge in [-0.1, -0.05) is 20.8 Å². The average molecular weight is 244 g/mol. The molecule has 1 saturated heterocycles. The Morgan fingerprint density at radius 2 is 2.12 bits per heavy atom. The van der Waals surface area contributed by atoms with Crippen LogP contribution in [0.1, 0.15) is 34.1 Å². The molecule has 0 aromatic heterocycles. The van der Waals surface area contributed by atoms with Crippen molar-refractivity contribution in [1.29, 1.82) is 0 Å². The van der Waals surface area contributed by atoms with Crippen LogP contribution in [0.5, 0.6) is 0 Å². The molecule has 94 valence electrons. The molecule has 16 heavy (non-hydrogen) atoms. The van der Waals surface area contributed by atoms with E-state index in [0.717, 1.165) is 6.54 Å². The summed E-state index contributed by atoms with van der Waals surface area (Å²) in [5.74, 6) is 1.84. The van der Waals surface area contributed by atoms with Gasteiger partial charge in [0, 0.05) is 17.8 Å². The van der Waals surface area contributed by atoms with Crippen LogP contribution in [0.4, 0.5) is 0 Å². The van der Waals surface area contributed by atoms with Gasteiger partial charge in [-0.15, -0.1) is 0 Å². The Morgan fingerprint density at radius 1 is 1.44 bits per heavy atom. The lowest BCUT2D eigenvalue weighted by atomic mass is 10.1. The molecule has 0 aliphatic carbocycles. The molecule has 0 radical (unpaired) electrons. The molecule has 1 rings (SSSR count). The van der Waals surface area contributed by atoms with E-state index in [1.54, 1.807) is 0 Å². The maximum absolute atomic E-state index is 11.8. The zero-order chi connectivity index (χ0) is 12.1. The Morgan fingerprint density at radius 3 is 2.62 bits per heavy atom. The van der Waals surface area contributed by atoms with E-state index >= 15 is 0 Å². The minimum atomic E-state index is -0.0788. The average Bonchev–Trinajstić information content (AvgIpc) is 2.60. The number of carbonyl (C=O) groups excluding carboxylic acids is 1. The van der Waals surface area contributed by atoms with Crippen LogP contribution in [0, 0.1) is 5.92 Å². The molecule has 1 heterocycles. The molecule has 1 aliphatic heterocycles. The Hall–Kier alpha value is -0.220. The molecule has 0 aromatic carbocycles. The van der Waals surface area contributed by atoms with E-state index < -0.39 is 0 Å². The molecular weight excluding hydrogens is 220 g/mol. The van der Waals surface area contributed by atoms with Gasteiger partial charge >= 0.3 is 0 Å². The number of hydrogen-bond acceptors (Lipinski definition) is 3. The van der Waals surface area contributed by atoms with Gasteiger partial charge in [-0.3, -0.25) is 4.79 Å². The second-order valence-corrected chi connectivity index (χ2v) is 6.48. The standard InChI is InChI=1S/C12H24N2OS/c1-8(2)7-13-12(15)9(3)14-11-5-6-16-10(11)4/h8-11,14H,5-7H2,1-4H3,(H,13,15). The fourth-order valence-corrected chi connectivity index (χ4v) is 3.01. The van der Waals surface area contributed by atoms with Crippen molar-refractivity contribution in [3.8, 4) is 0 Å². The molecule has 3 unspecified atom stereocenters. The van der Waals surface area contributed by atoms with Crippen molar-refractivity contribution in [2.45, 2.75) is 51.4 Å². The third kappa shape index (κ3) is 4.34. The van der Waals surface area contributed by atoms with E-state index in [1.165, 1.54) is 12.2 Å². The van der Waals surface area contributed by atoms with E-state index in [2.05, 4.69) is 31.4 Å². The number of rotatable bonds is 5. The molecule has 3 atom stereocenters. The molecule has 2 N–H and O–H groups in total. The summed E-state index contributed by atoms with van der Waals surface area (Å²) in [6.45, 7) is 9.15. The van der Waals surface area contributed by atoms with Gasteiger partial charge in [-0.25, -0.2) is 0 Å². The first-order chi connectivity index (χ1) is 7.50. The lowest BCUT2D eigenvalue weighted by molar-refractivity contribution is -0.123. The summed E-state index contributed by atoms with van der Waals surface area (Å²) >= 11 is 1.98. The largest absolute Gasteiger partial charge is 0.354 e. The maximum Gasteiger partial charge on any atom is 0.236 e. The Kier molecular flexibility index (Phi) is 5.62. The van der Waals surface area contributed by atoms with Gasteiger partial charge in [-0.05, 0) is 25.0 Å². The van der Waals surface area contributed by atoms with Gasteiger partial charge in [0.1, 0.15) is 0 Å². The zero-order valence-electron chi connectivity index (χ0n) is 10.7. The van der Waals surface area contributed by atoms with Crippen molar-refractivity contribution in [2.24, 2.45) is 5.92 Å². The van der Waals surface area contributed by atoms with Crippen LogP contribution in [0.25, 0.3) is 0 Å². The zero-order valence-corrected chi connectivity index (χ0v) is 11.6. The topological polar surface area (TPSA) is 41.1 Å². The Balaban J connectivity index is 2.28. The summed E-state index contributed by atoms with van der Waals surface area (Å²) < 4.78 is 0. The van der Waals surface area contributed by atoms with Crippen LogP contribution in [-0.4, -0.2) is 35.5 Å². The number of hydrogen-bond donors (Lipinski definition) is 2. The van der Waals surface area contributed by atoms with Crippen LogP contribution >= 0.6 is 11.8 Å². The molecule has 0 saturated carbocycles. The smallest absolute Gasteiger partial charge is 0.236 e. The quantitative estimate of drug-likeness (QED) is 0.772. The predicted octanol–water partition coefficient (Wildman–Crippen LogP) is 1.63. The Bertz CT molecular complexity index is 233. The van der Waals surface area contributed by atoms with Gasteiger partial charge in [0.05, 0.1) is 6.04 Å². The van der Waals surface area contributed by atoms with Crippen LogP contribution in [0.3, 0.4) is 0 Å². The normalized spacial score (nSPS) is 27.1. The minimum Gasteiger partial charge on any atom is -0.354 e. The maximum atomic E-state index is 11.8. The van der Waals surface area contributed by atoms with Crippen LogP contribution < -0.4 is 10.6 Å². The van der Waals surface area contributed by atoms with Crippen molar-refractivity contribution in [2.75, 3.05) is 12.3 Å². The summed E-state index contributed by atoms with van der Waals surface area (Å²) in [5.41, 5.74) is 0. The van der Waals surface area contributed by atoms with Gasteiger partial charge in [0.25, 0.3) is 0 Å². The van der Waals surface area contributed by atoms with E-state index in [1.807, 2.05) is 18.7 Å². The second kappa shape index (κ2) is 6.50. The summed E-state index contributed by atoms with van der Waals surface area (Å²) in [7, 11) is 0. The number of carbonyl (C=O) groups is 1. The minimum absolute atomic E-state index is 0.0788. The molecule has 1 fully saturated rings. The van der Waals surface area contributed by atoms with Crippen molar-refractivity contribution in [3.05, 3.63) is 0 Å². The summed E-state index contributed by atoms with van der Waals surface area (Å²) in [4.78, 5) is 11.8. The first-order valence-electron chi connectivity index (χ1n) is 6.16. The fourth-order valence-electron chi connectivity index (χ4n) is 1.81. The fraction of sp³-hybridized carbons (Fsp3) is 0.917. The molecule has 0 aromatic rings. The van der Waals surface area contributed by atoms with Gasteiger partial charge in [0.15, 0.2) is 0 Å². The van der Waals surface area contributed by atoms with E-state index in [4.69, 9.17) is 0 Å². The van der Waals surface area contributed by atoms with Crippen LogP contribution in [-0.2, 0) is 4.79 Å². The van der Waals surface area contributed by atoms with Crippen molar-refractivity contribution >= 4 is 17.7 Å². The highest BCUT2D eigenvalue weighted by atomic mass is 32.2. The van der Waals surface area contributed by atoms with E-state index in [-0.39, 0.29) is 11.9 Å². The van der Waals surface area contributed by atoms with Gasteiger partial charge < -0.3 is 10.6 Å². The van der Waals surface area contributed by atoms with Crippen molar-refractivity contribution < 1.29 is 4.79 Å². The molecule has 0 spiro atoms. The number of amides is 1. The third-order valence-electron chi connectivity index (χ3n) is 2.92. The summed E-state index contributed by atoms with van der Waals surface area (Å²) in [6.07, 6.45) is 1.17. The third-order valence-corrected chi connectivity index (χ3v) is 4.24. The first-order valence-corrected chi connectivity index (χ1v) is 7.21. The first kappa shape index (κ1) is 13.8. The molecule has 4 heteroatoms.